The van der Waals surface area contributed by atoms with Gasteiger partial charge in [0.1, 0.15) is 5.82 Å². The Morgan fingerprint density at radius 1 is 1.04 bits per heavy atom. The van der Waals surface area contributed by atoms with Gasteiger partial charge in [0.25, 0.3) is 11.6 Å². The van der Waals surface area contributed by atoms with Crippen LogP contribution < -0.4 is 5.32 Å². The molecule has 3 rings (SSSR count). The number of hydrogen-bond acceptors (Lipinski definition) is 3. The van der Waals surface area contributed by atoms with Crippen LogP contribution in [-0.4, -0.2) is 10.8 Å². The standard InChI is InChI=1S/C21H14BrFN2O3/c22-16-9-10-20(19(23)13-16)24-21(26)18(15-6-2-1-3-7-15)12-14-5-4-8-17(11-14)25(27)28/h1-13H,(H,24,26)/b18-12+. The minimum atomic E-state index is -0.578. The molecular formula is C21H14BrFN2O3. The number of nitro groups is 1. The number of amides is 1. The van der Waals surface area contributed by atoms with Gasteiger partial charge in [-0.15, -0.1) is 0 Å². The molecule has 0 saturated heterocycles. The molecule has 0 saturated carbocycles. The smallest absolute Gasteiger partial charge is 0.270 e. The summed E-state index contributed by atoms with van der Waals surface area (Å²) in [4.78, 5) is 23.4. The fraction of sp³-hybridized carbons (Fsp3) is 0. The number of nitrogens with zero attached hydrogens (tertiary/aromatic N) is 1. The molecule has 1 amide bonds. The first-order chi connectivity index (χ1) is 13.4. The molecule has 0 unspecified atom stereocenters. The van der Waals surface area contributed by atoms with E-state index in [4.69, 9.17) is 0 Å². The first-order valence-electron chi connectivity index (χ1n) is 8.22. The fourth-order valence-electron chi connectivity index (χ4n) is 2.57. The molecule has 0 spiro atoms. The van der Waals surface area contributed by atoms with Gasteiger partial charge in [0.15, 0.2) is 0 Å². The van der Waals surface area contributed by atoms with Gasteiger partial charge in [-0.1, -0.05) is 58.4 Å². The number of hydrogen-bond donors (Lipinski definition) is 1. The Kier molecular flexibility index (Phi) is 5.96. The molecule has 0 atom stereocenters. The Morgan fingerprint density at radius 3 is 2.46 bits per heavy atom. The summed E-state index contributed by atoms with van der Waals surface area (Å²) in [7, 11) is 0. The lowest BCUT2D eigenvalue weighted by Gasteiger charge is -2.11. The second-order valence-corrected chi connectivity index (χ2v) is 6.77. The van der Waals surface area contributed by atoms with Crippen LogP contribution in [0.4, 0.5) is 15.8 Å². The van der Waals surface area contributed by atoms with Crippen LogP contribution >= 0.6 is 15.9 Å². The third-order valence-corrected chi connectivity index (χ3v) is 4.39. The lowest BCUT2D eigenvalue weighted by Crippen LogP contribution is -2.14. The molecule has 3 aromatic carbocycles. The van der Waals surface area contributed by atoms with Gasteiger partial charge in [-0.05, 0) is 35.4 Å². The van der Waals surface area contributed by atoms with Gasteiger partial charge in [0.05, 0.1) is 10.6 Å². The first-order valence-corrected chi connectivity index (χ1v) is 9.01. The first kappa shape index (κ1) is 19.4. The number of anilines is 1. The summed E-state index contributed by atoms with van der Waals surface area (Å²) in [6.07, 6.45) is 1.54. The zero-order chi connectivity index (χ0) is 20.1. The second kappa shape index (κ2) is 8.58. The third-order valence-electron chi connectivity index (χ3n) is 3.90. The molecule has 28 heavy (non-hydrogen) atoms. The number of nitro benzene ring substituents is 1. The molecule has 5 nitrogen and oxygen atoms in total. The monoisotopic (exact) mass is 440 g/mol. The maximum atomic E-state index is 14.1. The van der Waals surface area contributed by atoms with Gasteiger partial charge >= 0.3 is 0 Å². The summed E-state index contributed by atoms with van der Waals surface area (Å²) in [6.45, 7) is 0. The molecule has 1 N–H and O–H groups in total. The van der Waals surface area contributed by atoms with Gasteiger partial charge in [-0.3, -0.25) is 14.9 Å². The van der Waals surface area contributed by atoms with E-state index in [2.05, 4.69) is 21.2 Å². The largest absolute Gasteiger partial charge is 0.319 e. The molecule has 0 heterocycles. The van der Waals surface area contributed by atoms with E-state index in [9.17, 15) is 19.3 Å². The Hall–Kier alpha value is -3.32. The number of rotatable bonds is 5. The van der Waals surface area contributed by atoms with Crippen molar-refractivity contribution in [2.45, 2.75) is 0 Å². The highest BCUT2D eigenvalue weighted by atomic mass is 79.9. The molecule has 0 aliphatic heterocycles. The van der Waals surface area contributed by atoms with E-state index in [1.807, 2.05) is 0 Å². The molecular weight excluding hydrogens is 427 g/mol. The molecule has 0 fully saturated rings. The summed E-state index contributed by atoms with van der Waals surface area (Å²) < 4.78 is 14.7. The van der Waals surface area contributed by atoms with Crippen molar-refractivity contribution in [2.24, 2.45) is 0 Å². The third kappa shape index (κ3) is 4.69. The van der Waals surface area contributed by atoms with Crippen LogP contribution in [0.1, 0.15) is 11.1 Å². The SMILES string of the molecule is O=C(Nc1ccc(Br)cc1F)/C(=C/c1cccc([N+](=O)[O-])c1)c1ccccc1. The zero-order valence-electron chi connectivity index (χ0n) is 14.4. The van der Waals surface area contributed by atoms with Crippen LogP contribution in [0.25, 0.3) is 11.6 Å². The summed E-state index contributed by atoms with van der Waals surface area (Å²) in [5, 5.41) is 13.6. The molecule has 7 heteroatoms. The minimum absolute atomic E-state index is 0.0362. The van der Waals surface area contributed by atoms with E-state index in [-0.39, 0.29) is 16.9 Å². The maximum absolute atomic E-state index is 14.1. The quantitative estimate of drug-likeness (QED) is 0.240. The van der Waals surface area contributed by atoms with Crippen molar-refractivity contribution >= 4 is 44.9 Å². The summed E-state index contributed by atoms with van der Waals surface area (Å²) in [6, 6.07) is 19.1. The number of benzene rings is 3. The highest BCUT2D eigenvalue weighted by Crippen LogP contribution is 2.24. The highest BCUT2D eigenvalue weighted by Gasteiger charge is 2.15. The number of carbonyl (C=O) groups excluding carboxylic acids is 1. The van der Waals surface area contributed by atoms with E-state index in [0.717, 1.165) is 0 Å². The molecule has 0 bridgehead atoms. The number of halogens is 2. The topological polar surface area (TPSA) is 72.2 Å². The van der Waals surface area contributed by atoms with Gasteiger partial charge in [-0.2, -0.15) is 0 Å². The normalized spacial score (nSPS) is 11.1. The molecule has 0 aliphatic rings. The minimum Gasteiger partial charge on any atom is -0.319 e. The van der Waals surface area contributed by atoms with Crippen molar-refractivity contribution in [3.05, 3.63) is 104 Å². The molecule has 0 aromatic heterocycles. The van der Waals surface area contributed by atoms with Crippen molar-refractivity contribution in [1.82, 2.24) is 0 Å². The van der Waals surface area contributed by atoms with Gasteiger partial charge in [0, 0.05) is 22.2 Å². The van der Waals surface area contributed by atoms with Crippen molar-refractivity contribution in [3.63, 3.8) is 0 Å². The highest BCUT2D eigenvalue weighted by molar-refractivity contribution is 9.10. The lowest BCUT2D eigenvalue weighted by atomic mass is 10.0. The number of carbonyl (C=O) groups is 1. The average Bonchev–Trinajstić information content (AvgIpc) is 2.69. The summed E-state index contributed by atoms with van der Waals surface area (Å²) in [5.74, 6) is -1.11. The summed E-state index contributed by atoms with van der Waals surface area (Å²) >= 11 is 3.17. The zero-order valence-corrected chi connectivity index (χ0v) is 16.0. The number of non-ortho nitro benzene ring substituents is 1. The summed E-state index contributed by atoms with van der Waals surface area (Å²) in [5.41, 5.74) is 1.29. The van der Waals surface area contributed by atoms with Crippen LogP contribution in [-0.2, 0) is 4.79 Å². The second-order valence-electron chi connectivity index (χ2n) is 5.85. The van der Waals surface area contributed by atoms with Gasteiger partial charge in [-0.25, -0.2) is 4.39 Å². The Morgan fingerprint density at radius 2 is 1.79 bits per heavy atom. The predicted octanol–water partition coefficient (Wildman–Crippen LogP) is 5.68. The van der Waals surface area contributed by atoms with Crippen molar-refractivity contribution < 1.29 is 14.1 Å². The van der Waals surface area contributed by atoms with Crippen LogP contribution in [0, 0.1) is 15.9 Å². The molecule has 0 aliphatic carbocycles. The van der Waals surface area contributed by atoms with E-state index in [1.54, 1.807) is 48.5 Å². The van der Waals surface area contributed by atoms with Gasteiger partial charge < -0.3 is 5.32 Å². The average molecular weight is 441 g/mol. The Labute approximate surface area is 168 Å². The fourth-order valence-corrected chi connectivity index (χ4v) is 2.91. The van der Waals surface area contributed by atoms with Gasteiger partial charge in [0.2, 0.25) is 0 Å². The maximum Gasteiger partial charge on any atom is 0.270 e. The predicted molar refractivity (Wildman–Crippen MR) is 110 cm³/mol. The van der Waals surface area contributed by atoms with E-state index >= 15 is 0 Å². The van der Waals surface area contributed by atoms with Crippen LogP contribution in [0.2, 0.25) is 0 Å². The van der Waals surface area contributed by atoms with Crippen LogP contribution in [0.5, 0.6) is 0 Å². The molecule has 140 valence electrons. The van der Waals surface area contributed by atoms with E-state index in [1.165, 1.54) is 30.3 Å². The van der Waals surface area contributed by atoms with Crippen molar-refractivity contribution in [2.75, 3.05) is 5.32 Å². The van der Waals surface area contributed by atoms with Crippen LogP contribution in [0.15, 0.2) is 77.3 Å². The molecule has 0 radical (unpaired) electrons. The van der Waals surface area contributed by atoms with E-state index < -0.39 is 16.6 Å². The van der Waals surface area contributed by atoms with Crippen LogP contribution in [0.3, 0.4) is 0 Å². The Bertz CT molecular complexity index is 1070. The molecule has 3 aromatic rings. The lowest BCUT2D eigenvalue weighted by molar-refractivity contribution is -0.384. The number of nitrogens with one attached hydrogen (secondary N) is 1. The van der Waals surface area contributed by atoms with Crippen molar-refractivity contribution in [3.8, 4) is 0 Å². The Balaban J connectivity index is 2.01. The van der Waals surface area contributed by atoms with E-state index in [0.29, 0.717) is 15.6 Å². The van der Waals surface area contributed by atoms with Crippen molar-refractivity contribution in [1.29, 1.82) is 0 Å².